The summed E-state index contributed by atoms with van der Waals surface area (Å²) in [5, 5.41) is 0. The van der Waals surface area contributed by atoms with E-state index in [1.54, 1.807) is 17.3 Å². The second kappa shape index (κ2) is 7.54. The zero-order valence-electron chi connectivity index (χ0n) is 17.2. The van der Waals surface area contributed by atoms with E-state index in [1.807, 2.05) is 42.6 Å². The molecular formula is C24H24N4O2. The smallest absolute Gasteiger partial charge is 0.259 e. The van der Waals surface area contributed by atoms with Gasteiger partial charge in [0, 0.05) is 36.6 Å². The van der Waals surface area contributed by atoms with Crippen LogP contribution in [0.1, 0.15) is 29.8 Å². The Kier molecular flexibility index (Phi) is 4.71. The number of benzene rings is 1. The molecule has 0 radical (unpaired) electrons. The van der Waals surface area contributed by atoms with Crippen LogP contribution in [0.2, 0.25) is 0 Å². The molecule has 30 heavy (non-hydrogen) atoms. The summed E-state index contributed by atoms with van der Waals surface area (Å²) in [6.45, 7) is 6.33. The first-order chi connectivity index (χ1) is 14.6. The number of amides is 1. The van der Waals surface area contributed by atoms with Gasteiger partial charge in [0.05, 0.1) is 30.6 Å². The summed E-state index contributed by atoms with van der Waals surface area (Å²) in [7, 11) is 0. The molecule has 2 aromatic heterocycles. The lowest BCUT2D eigenvalue weighted by Gasteiger charge is -2.36. The molecule has 1 aromatic carbocycles. The highest BCUT2D eigenvalue weighted by Gasteiger charge is 2.31. The van der Waals surface area contributed by atoms with Gasteiger partial charge in [-0.3, -0.25) is 9.78 Å². The van der Waals surface area contributed by atoms with Crippen molar-refractivity contribution in [2.24, 2.45) is 0 Å². The van der Waals surface area contributed by atoms with Gasteiger partial charge in [-0.2, -0.15) is 0 Å². The molecule has 1 saturated heterocycles. The SMILES string of the molecule is C[C@@H]1CN(c2ccc(N3Cc4c(cccc4-c4cccnc4)C3=O)cn2)C[C@H](C)O1. The van der Waals surface area contributed by atoms with E-state index in [0.717, 1.165) is 46.8 Å². The lowest BCUT2D eigenvalue weighted by Crippen LogP contribution is -2.45. The van der Waals surface area contributed by atoms with Crippen molar-refractivity contribution in [3.8, 4) is 11.1 Å². The maximum Gasteiger partial charge on any atom is 0.259 e. The Bertz CT molecular complexity index is 1060. The Morgan fingerprint density at radius 2 is 1.77 bits per heavy atom. The third-order valence-electron chi connectivity index (χ3n) is 5.73. The number of pyridine rings is 2. The molecular weight excluding hydrogens is 376 g/mol. The summed E-state index contributed by atoms with van der Waals surface area (Å²) in [5.74, 6) is 0.930. The van der Waals surface area contributed by atoms with E-state index >= 15 is 0 Å². The summed E-state index contributed by atoms with van der Waals surface area (Å²) in [4.78, 5) is 26.0. The summed E-state index contributed by atoms with van der Waals surface area (Å²) < 4.78 is 5.81. The van der Waals surface area contributed by atoms with Crippen LogP contribution in [-0.4, -0.2) is 41.2 Å². The van der Waals surface area contributed by atoms with Crippen molar-refractivity contribution < 1.29 is 9.53 Å². The highest BCUT2D eigenvalue weighted by Crippen LogP contribution is 2.35. The third kappa shape index (κ3) is 3.33. The number of carbonyl (C=O) groups is 1. The van der Waals surface area contributed by atoms with Crippen LogP contribution in [0.4, 0.5) is 11.5 Å². The number of hydrogen-bond acceptors (Lipinski definition) is 5. The molecule has 3 aromatic rings. The van der Waals surface area contributed by atoms with Crippen molar-refractivity contribution in [1.82, 2.24) is 9.97 Å². The molecule has 6 heteroatoms. The Morgan fingerprint density at radius 3 is 2.47 bits per heavy atom. The lowest BCUT2D eigenvalue weighted by molar-refractivity contribution is -0.00545. The van der Waals surface area contributed by atoms with E-state index in [2.05, 4.69) is 34.8 Å². The number of carbonyl (C=O) groups excluding carboxylic acids is 1. The lowest BCUT2D eigenvalue weighted by atomic mass is 9.98. The molecule has 152 valence electrons. The minimum Gasteiger partial charge on any atom is -0.372 e. The quantitative estimate of drug-likeness (QED) is 0.667. The van der Waals surface area contributed by atoms with Gasteiger partial charge in [0.15, 0.2) is 0 Å². The molecule has 6 nitrogen and oxygen atoms in total. The maximum atomic E-state index is 13.1. The van der Waals surface area contributed by atoms with Gasteiger partial charge < -0.3 is 14.5 Å². The molecule has 1 fully saturated rings. The number of rotatable bonds is 3. The summed E-state index contributed by atoms with van der Waals surface area (Å²) in [5.41, 5.74) is 4.67. The standard InChI is InChI=1S/C24H24N4O2/c1-16-13-27(14-17(2)30-16)23-9-8-19(12-26-23)28-15-22-20(18-5-4-10-25-11-18)6-3-7-21(22)24(28)29/h3-12,16-17H,13-15H2,1-2H3/t16-,17+. The highest BCUT2D eigenvalue weighted by molar-refractivity contribution is 6.11. The Balaban J connectivity index is 1.41. The van der Waals surface area contributed by atoms with Crippen LogP contribution in [0, 0.1) is 0 Å². The van der Waals surface area contributed by atoms with Crippen molar-refractivity contribution >= 4 is 17.4 Å². The molecule has 1 amide bonds. The van der Waals surface area contributed by atoms with Crippen molar-refractivity contribution in [2.45, 2.75) is 32.6 Å². The molecule has 0 saturated carbocycles. The van der Waals surface area contributed by atoms with E-state index in [4.69, 9.17) is 4.74 Å². The van der Waals surface area contributed by atoms with Gasteiger partial charge in [-0.15, -0.1) is 0 Å². The number of aromatic nitrogens is 2. The number of morpholine rings is 1. The topological polar surface area (TPSA) is 58.6 Å². The van der Waals surface area contributed by atoms with Crippen LogP contribution in [0.3, 0.4) is 0 Å². The van der Waals surface area contributed by atoms with E-state index < -0.39 is 0 Å². The molecule has 0 spiro atoms. The molecule has 2 atom stereocenters. The van der Waals surface area contributed by atoms with Gasteiger partial charge in [-0.05, 0) is 49.2 Å². The van der Waals surface area contributed by atoms with Gasteiger partial charge in [-0.25, -0.2) is 4.98 Å². The first kappa shape index (κ1) is 18.8. The van der Waals surface area contributed by atoms with Crippen LogP contribution in [0.15, 0.2) is 61.1 Å². The third-order valence-corrected chi connectivity index (χ3v) is 5.73. The fourth-order valence-corrected chi connectivity index (χ4v) is 4.42. The minimum atomic E-state index is 0.0129. The number of ether oxygens (including phenoxy) is 1. The molecule has 0 N–H and O–H groups in total. The number of anilines is 2. The molecule has 4 heterocycles. The molecule has 2 aliphatic rings. The van der Waals surface area contributed by atoms with E-state index in [9.17, 15) is 4.79 Å². The molecule has 0 unspecified atom stereocenters. The highest BCUT2D eigenvalue weighted by atomic mass is 16.5. The first-order valence-corrected chi connectivity index (χ1v) is 10.3. The van der Waals surface area contributed by atoms with E-state index in [1.165, 1.54) is 0 Å². The van der Waals surface area contributed by atoms with Gasteiger partial charge in [0.2, 0.25) is 0 Å². The second-order valence-corrected chi connectivity index (χ2v) is 8.00. The van der Waals surface area contributed by atoms with Crippen LogP contribution in [0.5, 0.6) is 0 Å². The minimum absolute atomic E-state index is 0.0129. The van der Waals surface area contributed by atoms with Crippen molar-refractivity contribution in [3.05, 3.63) is 72.2 Å². The van der Waals surface area contributed by atoms with Gasteiger partial charge in [0.1, 0.15) is 5.82 Å². The predicted octanol–water partition coefficient (Wildman–Crippen LogP) is 3.92. The molecule has 2 aliphatic heterocycles. The van der Waals surface area contributed by atoms with Crippen molar-refractivity contribution in [1.29, 1.82) is 0 Å². The number of hydrogen-bond donors (Lipinski definition) is 0. The maximum absolute atomic E-state index is 13.1. The van der Waals surface area contributed by atoms with Crippen LogP contribution in [0.25, 0.3) is 11.1 Å². The monoisotopic (exact) mass is 400 g/mol. The Morgan fingerprint density at radius 1 is 0.967 bits per heavy atom. The van der Waals surface area contributed by atoms with Crippen LogP contribution in [-0.2, 0) is 11.3 Å². The Labute approximate surface area is 176 Å². The average molecular weight is 400 g/mol. The normalized spacial score (nSPS) is 21.1. The fraction of sp³-hybridized carbons (Fsp3) is 0.292. The Hall–Kier alpha value is -3.25. The second-order valence-electron chi connectivity index (χ2n) is 8.00. The van der Waals surface area contributed by atoms with Gasteiger partial charge >= 0.3 is 0 Å². The zero-order chi connectivity index (χ0) is 20.7. The zero-order valence-corrected chi connectivity index (χ0v) is 17.2. The van der Waals surface area contributed by atoms with Crippen molar-refractivity contribution in [2.75, 3.05) is 22.9 Å². The van der Waals surface area contributed by atoms with Crippen LogP contribution >= 0.6 is 0 Å². The summed E-state index contributed by atoms with van der Waals surface area (Å²) in [6, 6.07) is 13.8. The fourth-order valence-electron chi connectivity index (χ4n) is 4.42. The molecule has 0 bridgehead atoms. The average Bonchev–Trinajstić information content (AvgIpc) is 3.10. The van der Waals surface area contributed by atoms with E-state index in [0.29, 0.717) is 6.54 Å². The first-order valence-electron chi connectivity index (χ1n) is 10.3. The summed E-state index contributed by atoms with van der Waals surface area (Å²) >= 11 is 0. The van der Waals surface area contributed by atoms with E-state index in [-0.39, 0.29) is 18.1 Å². The largest absolute Gasteiger partial charge is 0.372 e. The van der Waals surface area contributed by atoms with Crippen LogP contribution < -0.4 is 9.80 Å². The summed E-state index contributed by atoms with van der Waals surface area (Å²) in [6.07, 6.45) is 5.75. The van der Waals surface area contributed by atoms with Gasteiger partial charge in [0.25, 0.3) is 5.91 Å². The van der Waals surface area contributed by atoms with Crippen molar-refractivity contribution in [3.63, 3.8) is 0 Å². The predicted molar refractivity (Wildman–Crippen MR) is 117 cm³/mol. The molecule has 0 aliphatic carbocycles. The molecule has 5 rings (SSSR count). The number of nitrogens with zero attached hydrogens (tertiary/aromatic N) is 4. The van der Waals surface area contributed by atoms with Gasteiger partial charge in [-0.1, -0.05) is 18.2 Å². The number of fused-ring (bicyclic) bond motifs is 1.